The highest BCUT2D eigenvalue weighted by molar-refractivity contribution is 6.31. The van der Waals surface area contributed by atoms with E-state index in [2.05, 4.69) is 0 Å². The molecule has 1 aromatic heterocycles. The zero-order valence-corrected chi connectivity index (χ0v) is 13.6. The topological polar surface area (TPSA) is 39.4 Å². The van der Waals surface area contributed by atoms with Crippen molar-refractivity contribution in [3.8, 4) is 17.1 Å². The summed E-state index contributed by atoms with van der Waals surface area (Å²) in [6, 6.07) is 18.3. The van der Waals surface area contributed by atoms with Crippen LogP contribution < -0.4 is 10.2 Å². The fraction of sp³-hybridized carbons (Fsp3) is 0.0500. The van der Waals surface area contributed by atoms with Gasteiger partial charge in [0.05, 0.1) is 12.5 Å². The lowest BCUT2D eigenvalue weighted by atomic mass is 10.1. The quantitative estimate of drug-likeness (QED) is 0.468. The van der Waals surface area contributed by atoms with E-state index in [1.165, 1.54) is 6.07 Å². The van der Waals surface area contributed by atoms with E-state index in [1.807, 2.05) is 30.3 Å². The van der Waals surface area contributed by atoms with Gasteiger partial charge in [-0.2, -0.15) is 0 Å². The number of methoxy groups -OCH3 is 1. The molecule has 3 aromatic carbocycles. The van der Waals surface area contributed by atoms with E-state index in [4.69, 9.17) is 20.8 Å². The summed E-state index contributed by atoms with van der Waals surface area (Å²) in [7, 11) is 1.57. The first-order chi connectivity index (χ1) is 11.7. The molecule has 0 unspecified atom stereocenters. The molecule has 0 saturated heterocycles. The van der Waals surface area contributed by atoms with Crippen LogP contribution in [0, 0.1) is 0 Å². The first-order valence-electron chi connectivity index (χ1n) is 7.46. The first kappa shape index (κ1) is 14.8. The maximum Gasteiger partial charge on any atom is 0.193 e. The van der Waals surface area contributed by atoms with Gasteiger partial charge in [-0.3, -0.25) is 4.79 Å². The van der Waals surface area contributed by atoms with Crippen LogP contribution in [-0.2, 0) is 0 Å². The summed E-state index contributed by atoms with van der Waals surface area (Å²) < 4.78 is 11.3. The summed E-state index contributed by atoms with van der Waals surface area (Å²) in [5, 5.41) is 3.01. The third-order valence-electron chi connectivity index (χ3n) is 4.01. The molecule has 0 atom stereocenters. The second kappa shape index (κ2) is 5.69. The lowest BCUT2D eigenvalue weighted by Crippen LogP contribution is -2.00. The van der Waals surface area contributed by atoms with Gasteiger partial charge in [0, 0.05) is 22.0 Å². The number of rotatable bonds is 2. The van der Waals surface area contributed by atoms with Gasteiger partial charge in [-0.1, -0.05) is 41.9 Å². The Morgan fingerprint density at radius 1 is 0.958 bits per heavy atom. The largest absolute Gasteiger partial charge is 0.497 e. The molecular formula is C20H13ClO3. The summed E-state index contributed by atoms with van der Waals surface area (Å²) in [4.78, 5) is 12.5. The van der Waals surface area contributed by atoms with Crippen LogP contribution >= 0.6 is 11.6 Å². The SMILES string of the molecule is COc1cc(Cl)cc(-c2cc(=O)c3ccc4ccccc4c3o2)c1. The summed E-state index contributed by atoms with van der Waals surface area (Å²) in [5.41, 5.74) is 1.19. The van der Waals surface area contributed by atoms with Crippen LogP contribution in [0.1, 0.15) is 0 Å². The molecule has 0 aliphatic rings. The second-order valence-corrected chi connectivity index (χ2v) is 5.95. The highest BCUT2D eigenvalue weighted by atomic mass is 35.5. The summed E-state index contributed by atoms with van der Waals surface area (Å²) in [6.07, 6.45) is 0. The highest BCUT2D eigenvalue weighted by Gasteiger charge is 2.11. The second-order valence-electron chi connectivity index (χ2n) is 5.52. The predicted molar refractivity (Wildman–Crippen MR) is 97.0 cm³/mol. The van der Waals surface area contributed by atoms with Gasteiger partial charge in [-0.25, -0.2) is 0 Å². The number of fused-ring (bicyclic) bond motifs is 3. The Balaban J connectivity index is 2.05. The molecule has 0 radical (unpaired) electrons. The molecule has 0 N–H and O–H groups in total. The van der Waals surface area contributed by atoms with Crippen LogP contribution in [0.3, 0.4) is 0 Å². The molecule has 4 aromatic rings. The molecule has 4 heteroatoms. The lowest BCUT2D eigenvalue weighted by Gasteiger charge is -2.08. The summed E-state index contributed by atoms with van der Waals surface area (Å²) in [5.74, 6) is 1.07. The highest BCUT2D eigenvalue weighted by Crippen LogP contribution is 2.31. The fourth-order valence-corrected chi connectivity index (χ4v) is 3.07. The van der Waals surface area contributed by atoms with Gasteiger partial charge < -0.3 is 9.15 Å². The van der Waals surface area contributed by atoms with Crippen molar-refractivity contribution >= 4 is 33.3 Å². The Hall–Kier alpha value is -2.78. The zero-order chi connectivity index (χ0) is 16.7. The van der Waals surface area contributed by atoms with Gasteiger partial charge >= 0.3 is 0 Å². The van der Waals surface area contributed by atoms with E-state index < -0.39 is 0 Å². The molecule has 0 aliphatic heterocycles. The van der Waals surface area contributed by atoms with Gasteiger partial charge in [0.25, 0.3) is 0 Å². The summed E-state index contributed by atoms with van der Waals surface area (Å²) >= 11 is 6.13. The smallest absolute Gasteiger partial charge is 0.193 e. The lowest BCUT2D eigenvalue weighted by molar-refractivity contribution is 0.415. The molecule has 118 valence electrons. The van der Waals surface area contributed by atoms with Crippen LogP contribution in [0.25, 0.3) is 33.1 Å². The molecule has 0 aliphatic carbocycles. The molecule has 0 fully saturated rings. The zero-order valence-electron chi connectivity index (χ0n) is 12.9. The van der Waals surface area contributed by atoms with Gasteiger partial charge in [-0.15, -0.1) is 0 Å². The van der Waals surface area contributed by atoms with Crippen molar-refractivity contribution in [1.82, 2.24) is 0 Å². The number of hydrogen-bond acceptors (Lipinski definition) is 3. The van der Waals surface area contributed by atoms with Crippen LogP contribution in [0.15, 0.2) is 69.9 Å². The van der Waals surface area contributed by atoms with E-state index >= 15 is 0 Å². The molecule has 0 spiro atoms. The predicted octanol–water partition coefficient (Wildman–Crippen LogP) is 5.28. The normalized spacial score (nSPS) is 11.1. The molecule has 3 nitrogen and oxygen atoms in total. The fourth-order valence-electron chi connectivity index (χ4n) is 2.85. The maximum atomic E-state index is 12.5. The average Bonchev–Trinajstić information content (AvgIpc) is 2.60. The molecule has 24 heavy (non-hydrogen) atoms. The Kier molecular flexibility index (Phi) is 3.51. The van der Waals surface area contributed by atoms with Gasteiger partial charge in [0.1, 0.15) is 17.1 Å². The molecule has 0 saturated carbocycles. The van der Waals surface area contributed by atoms with Crippen molar-refractivity contribution in [3.05, 3.63) is 75.9 Å². The molecule has 0 amide bonds. The maximum absolute atomic E-state index is 12.5. The van der Waals surface area contributed by atoms with Crippen LogP contribution in [-0.4, -0.2) is 7.11 Å². The Labute approximate surface area is 143 Å². The molecular weight excluding hydrogens is 324 g/mol. The third-order valence-corrected chi connectivity index (χ3v) is 4.23. The first-order valence-corrected chi connectivity index (χ1v) is 7.84. The molecule has 1 heterocycles. The van der Waals surface area contributed by atoms with E-state index in [1.54, 1.807) is 31.4 Å². The third kappa shape index (κ3) is 2.43. The Morgan fingerprint density at radius 3 is 2.62 bits per heavy atom. The van der Waals surface area contributed by atoms with Crippen molar-refractivity contribution in [3.63, 3.8) is 0 Å². The van der Waals surface area contributed by atoms with Crippen LogP contribution in [0.5, 0.6) is 5.75 Å². The minimum Gasteiger partial charge on any atom is -0.497 e. The van der Waals surface area contributed by atoms with Gasteiger partial charge in [0.2, 0.25) is 0 Å². The summed E-state index contributed by atoms with van der Waals surface area (Å²) in [6.45, 7) is 0. The Morgan fingerprint density at radius 2 is 1.79 bits per heavy atom. The number of hydrogen-bond donors (Lipinski definition) is 0. The van der Waals surface area contributed by atoms with Crippen LogP contribution in [0.4, 0.5) is 0 Å². The number of benzene rings is 3. The van der Waals surface area contributed by atoms with Crippen LogP contribution in [0.2, 0.25) is 5.02 Å². The average molecular weight is 337 g/mol. The van der Waals surface area contributed by atoms with E-state index in [9.17, 15) is 4.79 Å². The minimum absolute atomic E-state index is 0.0871. The van der Waals surface area contributed by atoms with Crippen molar-refractivity contribution in [1.29, 1.82) is 0 Å². The van der Waals surface area contributed by atoms with Crippen molar-refractivity contribution in [2.24, 2.45) is 0 Å². The molecule has 4 rings (SSSR count). The molecule has 0 bridgehead atoms. The number of halogens is 1. The van der Waals surface area contributed by atoms with Gasteiger partial charge in [-0.05, 0) is 29.7 Å². The minimum atomic E-state index is -0.0871. The van der Waals surface area contributed by atoms with E-state index in [0.717, 1.165) is 10.8 Å². The number of ether oxygens (including phenoxy) is 1. The standard InChI is InChI=1S/C20H13ClO3/c1-23-15-9-13(8-14(21)10-15)19-11-18(22)17-7-6-12-4-2-3-5-16(12)20(17)24-19/h2-11H,1H3. The monoisotopic (exact) mass is 336 g/mol. The van der Waals surface area contributed by atoms with E-state index in [0.29, 0.717) is 33.1 Å². The van der Waals surface area contributed by atoms with E-state index in [-0.39, 0.29) is 5.43 Å². The van der Waals surface area contributed by atoms with Gasteiger partial charge in [0.15, 0.2) is 5.43 Å². The Bertz CT molecular complexity index is 1130. The van der Waals surface area contributed by atoms with Crippen molar-refractivity contribution in [2.45, 2.75) is 0 Å². The van der Waals surface area contributed by atoms with Crippen molar-refractivity contribution in [2.75, 3.05) is 7.11 Å². The van der Waals surface area contributed by atoms with Crippen molar-refractivity contribution < 1.29 is 9.15 Å².